The van der Waals surface area contributed by atoms with Gasteiger partial charge in [0.2, 0.25) is 0 Å². The minimum atomic E-state index is -4.47. The molecule has 2 N–H and O–H groups in total. The number of aromatic nitrogens is 1. The van der Waals surface area contributed by atoms with E-state index in [1.54, 1.807) is 0 Å². The fourth-order valence-corrected chi connectivity index (χ4v) is 0.970. The van der Waals surface area contributed by atoms with E-state index in [1.165, 1.54) is 6.20 Å². The summed E-state index contributed by atoms with van der Waals surface area (Å²) in [6.45, 7) is 0. The zero-order chi connectivity index (χ0) is 10.1. The monoisotopic (exact) mass is 246 g/mol. The molecule has 0 saturated heterocycles. The molecule has 1 rings (SSSR count). The molecule has 0 amide bonds. The highest BCUT2D eigenvalue weighted by molar-refractivity contribution is 6.30. The summed E-state index contributed by atoms with van der Waals surface area (Å²) in [5.41, 5.74) is 4.78. The summed E-state index contributed by atoms with van der Waals surface area (Å²) < 4.78 is 36.2. The number of nitrogens with two attached hydrogens (primary N) is 1. The lowest BCUT2D eigenvalue weighted by Gasteiger charge is -2.15. The third-order valence-electron chi connectivity index (χ3n) is 1.44. The first-order valence-corrected chi connectivity index (χ1v) is 3.72. The van der Waals surface area contributed by atoms with Gasteiger partial charge in [-0.25, -0.2) is 0 Å². The first-order valence-electron chi connectivity index (χ1n) is 3.34. The van der Waals surface area contributed by atoms with Crippen molar-refractivity contribution < 1.29 is 13.2 Å². The molecule has 0 aliphatic heterocycles. The van der Waals surface area contributed by atoms with Crippen molar-refractivity contribution in [1.82, 2.24) is 4.98 Å². The topological polar surface area (TPSA) is 38.9 Å². The predicted molar refractivity (Wildman–Crippen MR) is 49.5 cm³/mol. The largest absolute Gasteiger partial charge is 0.407 e. The normalized spacial score (nSPS) is 13.2. The molecule has 2 nitrogen and oxygen atoms in total. The van der Waals surface area contributed by atoms with Crippen molar-refractivity contribution in [2.24, 2.45) is 5.73 Å². The van der Waals surface area contributed by atoms with Gasteiger partial charge in [-0.15, -0.1) is 12.4 Å². The van der Waals surface area contributed by atoms with Crippen molar-refractivity contribution >= 4 is 24.0 Å². The van der Waals surface area contributed by atoms with Gasteiger partial charge in [0.15, 0.2) is 0 Å². The van der Waals surface area contributed by atoms with Crippen LogP contribution in [0.25, 0.3) is 0 Å². The molecule has 0 fully saturated rings. The minimum Gasteiger partial charge on any atom is -0.316 e. The Labute approximate surface area is 89.7 Å². The first kappa shape index (κ1) is 13.5. The van der Waals surface area contributed by atoms with Gasteiger partial charge in [-0.3, -0.25) is 4.98 Å². The molecule has 0 saturated carbocycles. The number of halogens is 5. The maximum atomic E-state index is 12.1. The average Bonchev–Trinajstić information content (AvgIpc) is 2.01. The molecule has 0 aliphatic carbocycles. The number of hydrogen-bond donors (Lipinski definition) is 1. The second kappa shape index (κ2) is 4.82. The van der Waals surface area contributed by atoms with E-state index in [2.05, 4.69) is 4.98 Å². The van der Waals surface area contributed by atoms with Crippen molar-refractivity contribution in [2.75, 3.05) is 0 Å². The molecule has 1 atom stereocenters. The SMILES string of the molecule is Cl.N[C@@H](c1cncc(Cl)c1)C(F)(F)F. The van der Waals surface area contributed by atoms with E-state index in [-0.39, 0.29) is 23.0 Å². The second-order valence-corrected chi connectivity index (χ2v) is 2.89. The molecule has 0 bridgehead atoms. The molecule has 0 aliphatic rings. The summed E-state index contributed by atoms with van der Waals surface area (Å²) in [7, 11) is 0. The Balaban J connectivity index is 0.00000169. The fraction of sp³-hybridized carbons (Fsp3) is 0.286. The van der Waals surface area contributed by atoms with Crippen molar-refractivity contribution in [3.8, 4) is 0 Å². The van der Waals surface area contributed by atoms with E-state index in [4.69, 9.17) is 17.3 Å². The summed E-state index contributed by atoms with van der Waals surface area (Å²) >= 11 is 5.45. The molecule has 80 valence electrons. The zero-order valence-electron chi connectivity index (χ0n) is 6.75. The van der Waals surface area contributed by atoms with Gasteiger partial charge in [0.05, 0.1) is 5.02 Å². The van der Waals surface area contributed by atoms with Gasteiger partial charge < -0.3 is 5.73 Å². The number of hydrogen-bond acceptors (Lipinski definition) is 2. The molecular weight excluding hydrogens is 240 g/mol. The van der Waals surface area contributed by atoms with E-state index < -0.39 is 12.2 Å². The van der Waals surface area contributed by atoms with Crippen molar-refractivity contribution in [3.63, 3.8) is 0 Å². The van der Waals surface area contributed by atoms with Crippen LogP contribution in [0.3, 0.4) is 0 Å². The Morgan fingerprint density at radius 1 is 1.36 bits per heavy atom. The van der Waals surface area contributed by atoms with Crippen LogP contribution in [0.5, 0.6) is 0 Å². The smallest absolute Gasteiger partial charge is 0.316 e. The van der Waals surface area contributed by atoms with Crippen LogP contribution in [0.15, 0.2) is 18.5 Å². The number of pyridine rings is 1. The molecule has 1 heterocycles. The van der Waals surface area contributed by atoms with Crippen LogP contribution in [0.1, 0.15) is 11.6 Å². The Morgan fingerprint density at radius 3 is 2.36 bits per heavy atom. The molecule has 0 unspecified atom stereocenters. The molecule has 0 radical (unpaired) electrons. The Bertz CT molecular complexity index is 303. The van der Waals surface area contributed by atoms with Gasteiger partial charge in [-0.1, -0.05) is 11.6 Å². The summed E-state index contributed by atoms with van der Waals surface area (Å²) in [6.07, 6.45) is -2.18. The van der Waals surface area contributed by atoms with Crippen LogP contribution in [0, 0.1) is 0 Å². The number of nitrogens with zero attached hydrogens (tertiary/aromatic N) is 1. The fourth-order valence-electron chi connectivity index (χ4n) is 0.787. The summed E-state index contributed by atoms with van der Waals surface area (Å²) in [6, 6.07) is -0.883. The standard InChI is InChI=1S/C7H6ClF3N2.ClH/c8-5-1-4(2-13-3-5)6(12)7(9,10)11;/h1-3,6H,12H2;1H/t6-;/m0./s1. The highest BCUT2D eigenvalue weighted by Crippen LogP contribution is 2.30. The predicted octanol–water partition coefficient (Wildman–Crippen LogP) is 2.72. The van der Waals surface area contributed by atoms with Crippen LogP contribution >= 0.6 is 24.0 Å². The second-order valence-electron chi connectivity index (χ2n) is 2.46. The van der Waals surface area contributed by atoms with Gasteiger partial charge in [-0.05, 0) is 11.6 Å². The third-order valence-corrected chi connectivity index (χ3v) is 1.64. The van der Waals surface area contributed by atoms with Gasteiger partial charge in [0.25, 0.3) is 0 Å². The van der Waals surface area contributed by atoms with Gasteiger partial charge in [-0.2, -0.15) is 13.2 Å². The van der Waals surface area contributed by atoms with Crippen LogP contribution in [0.2, 0.25) is 5.02 Å². The summed E-state index contributed by atoms with van der Waals surface area (Å²) in [5, 5.41) is 0.136. The van der Waals surface area contributed by atoms with E-state index in [0.29, 0.717) is 0 Å². The van der Waals surface area contributed by atoms with Crippen LogP contribution in [-0.4, -0.2) is 11.2 Å². The Hall–Kier alpha value is -0.520. The lowest BCUT2D eigenvalue weighted by Crippen LogP contribution is -2.28. The van der Waals surface area contributed by atoms with E-state index in [9.17, 15) is 13.2 Å². The van der Waals surface area contributed by atoms with Crippen molar-refractivity contribution in [2.45, 2.75) is 12.2 Å². The molecular formula is C7H7Cl2F3N2. The molecule has 7 heteroatoms. The highest BCUT2D eigenvalue weighted by atomic mass is 35.5. The summed E-state index contributed by atoms with van der Waals surface area (Å²) in [4.78, 5) is 3.51. The molecule has 1 aromatic heterocycles. The maximum absolute atomic E-state index is 12.1. The Kier molecular flexibility index (Phi) is 4.64. The van der Waals surface area contributed by atoms with Crippen LogP contribution in [-0.2, 0) is 0 Å². The molecule has 1 aromatic rings. The minimum absolute atomic E-state index is 0. The van der Waals surface area contributed by atoms with Gasteiger partial charge in [0, 0.05) is 12.4 Å². The maximum Gasteiger partial charge on any atom is 0.407 e. The molecule has 14 heavy (non-hydrogen) atoms. The zero-order valence-corrected chi connectivity index (χ0v) is 8.33. The van der Waals surface area contributed by atoms with E-state index in [1.807, 2.05) is 0 Å². The third kappa shape index (κ3) is 3.32. The van der Waals surface area contributed by atoms with Crippen LogP contribution < -0.4 is 5.73 Å². The number of rotatable bonds is 1. The quantitative estimate of drug-likeness (QED) is 0.828. The van der Waals surface area contributed by atoms with Gasteiger partial charge >= 0.3 is 6.18 Å². The first-order chi connectivity index (χ1) is 5.91. The van der Waals surface area contributed by atoms with Crippen molar-refractivity contribution in [3.05, 3.63) is 29.0 Å². The highest BCUT2D eigenvalue weighted by Gasteiger charge is 2.37. The van der Waals surface area contributed by atoms with Gasteiger partial charge in [0.1, 0.15) is 6.04 Å². The molecule has 0 aromatic carbocycles. The number of alkyl halides is 3. The lowest BCUT2D eigenvalue weighted by atomic mass is 10.1. The average molecular weight is 247 g/mol. The Morgan fingerprint density at radius 2 is 1.93 bits per heavy atom. The molecule has 0 spiro atoms. The van der Waals surface area contributed by atoms with E-state index >= 15 is 0 Å². The van der Waals surface area contributed by atoms with Crippen LogP contribution in [0.4, 0.5) is 13.2 Å². The lowest BCUT2D eigenvalue weighted by molar-refractivity contribution is -0.149. The summed E-state index contributed by atoms with van der Waals surface area (Å²) in [5.74, 6) is 0. The van der Waals surface area contributed by atoms with Crippen molar-refractivity contribution in [1.29, 1.82) is 0 Å². The van der Waals surface area contributed by atoms with E-state index in [0.717, 1.165) is 12.3 Å².